The number of aromatic nitrogens is 1. The van der Waals surface area contributed by atoms with Crippen molar-refractivity contribution in [2.45, 2.75) is 26.0 Å². The van der Waals surface area contributed by atoms with Gasteiger partial charge in [0.25, 0.3) is 5.91 Å². The maximum Gasteiger partial charge on any atom is 0.268 e. The molecular weight excluding hydrogens is 484 g/mol. The van der Waals surface area contributed by atoms with Gasteiger partial charge in [0.1, 0.15) is 10.8 Å². The molecule has 1 unspecified atom stereocenters. The van der Waals surface area contributed by atoms with Crippen molar-refractivity contribution in [2.75, 3.05) is 4.90 Å². The van der Waals surface area contributed by atoms with Crippen molar-refractivity contribution < 1.29 is 9.53 Å². The van der Waals surface area contributed by atoms with Gasteiger partial charge in [0, 0.05) is 21.0 Å². The Kier molecular flexibility index (Phi) is 5.81. The average molecular weight is 505 g/mol. The number of nitrogens with zero attached hydrogens (tertiary/aromatic N) is 2. The largest absolute Gasteiger partial charge is 0.478 e. The van der Waals surface area contributed by atoms with Gasteiger partial charge in [-0.15, -0.1) is 11.3 Å². The van der Waals surface area contributed by atoms with Crippen LogP contribution in [-0.4, -0.2) is 17.0 Å². The number of thiazole rings is 1. The second-order valence-corrected chi connectivity index (χ2v) is 9.43. The molecule has 0 saturated heterocycles. The summed E-state index contributed by atoms with van der Waals surface area (Å²) in [6, 6.07) is 24.2. The molecule has 5 rings (SSSR count). The molecule has 3 aromatic carbocycles. The van der Waals surface area contributed by atoms with E-state index in [0.717, 1.165) is 43.3 Å². The molecule has 1 aliphatic heterocycles. The summed E-state index contributed by atoms with van der Waals surface area (Å²) in [6.07, 6.45) is 0.163. The van der Waals surface area contributed by atoms with E-state index < -0.39 is 6.10 Å². The van der Waals surface area contributed by atoms with Crippen LogP contribution in [0.3, 0.4) is 0 Å². The third-order valence-electron chi connectivity index (χ3n) is 5.51. The van der Waals surface area contributed by atoms with Gasteiger partial charge >= 0.3 is 0 Å². The zero-order valence-corrected chi connectivity index (χ0v) is 19.9. The lowest BCUT2D eigenvalue weighted by molar-refractivity contribution is -0.126. The SMILES string of the molecule is CCC1Oc2ccc(-c3csc(-c4ccccc4)n3)cc2N(Cc2ccc(Br)cc2)C1=O. The van der Waals surface area contributed by atoms with E-state index in [4.69, 9.17) is 9.72 Å². The molecule has 1 aliphatic rings. The van der Waals surface area contributed by atoms with Crippen LogP contribution < -0.4 is 9.64 Å². The lowest BCUT2D eigenvalue weighted by Gasteiger charge is -2.34. The summed E-state index contributed by atoms with van der Waals surface area (Å²) in [5.74, 6) is 0.721. The summed E-state index contributed by atoms with van der Waals surface area (Å²) in [6.45, 7) is 2.47. The van der Waals surface area contributed by atoms with Crippen LogP contribution >= 0.6 is 27.3 Å². The van der Waals surface area contributed by atoms with Crippen molar-refractivity contribution in [1.29, 1.82) is 0 Å². The molecule has 1 aromatic heterocycles. The Hall–Kier alpha value is -2.96. The maximum atomic E-state index is 13.2. The topological polar surface area (TPSA) is 42.4 Å². The molecule has 2 heterocycles. The highest BCUT2D eigenvalue weighted by atomic mass is 79.9. The van der Waals surface area contributed by atoms with Crippen molar-refractivity contribution in [2.24, 2.45) is 0 Å². The summed E-state index contributed by atoms with van der Waals surface area (Å²) < 4.78 is 7.04. The molecule has 6 heteroatoms. The monoisotopic (exact) mass is 504 g/mol. The Morgan fingerprint density at radius 2 is 1.81 bits per heavy atom. The summed E-state index contributed by atoms with van der Waals surface area (Å²) in [4.78, 5) is 19.9. The summed E-state index contributed by atoms with van der Waals surface area (Å²) >= 11 is 5.09. The molecule has 0 N–H and O–H groups in total. The van der Waals surface area contributed by atoms with Crippen molar-refractivity contribution in [1.82, 2.24) is 4.98 Å². The highest BCUT2D eigenvalue weighted by molar-refractivity contribution is 9.10. The lowest BCUT2D eigenvalue weighted by atomic mass is 10.1. The number of ether oxygens (including phenoxy) is 1. The number of hydrogen-bond donors (Lipinski definition) is 0. The van der Waals surface area contributed by atoms with Gasteiger partial charge in [-0.1, -0.05) is 65.3 Å². The first kappa shape index (κ1) is 20.9. The van der Waals surface area contributed by atoms with E-state index in [1.165, 1.54) is 0 Å². The number of carbonyl (C=O) groups excluding carboxylic acids is 1. The molecule has 0 fully saturated rings. The van der Waals surface area contributed by atoms with Crippen LogP contribution in [0.2, 0.25) is 0 Å². The Balaban J connectivity index is 1.51. The quantitative estimate of drug-likeness (QED) is 0.295. The molecular formula is C26H21BrN2O2S. The number of carbonyl (C=O) groups is 1. The molecule has 0 saturated carbocycles. The highest BCUT2D eigenvalue weighted by Crippen LogP contribution is 2.39. The number of fused-ring (bicyclic) bond motifs is 1. The second kappa shape index (κ2) is 8.88. The average Bonchev–Trinajstić information content (AvgIpc) is 3.33. The first-order valence-corrected chi connectivity index (χ1v) is 12.2. The fraction of sp³-hybridized carbons (Fsp3) is 0.154. The van der Waals surface area contributed by atoms with Crippen molar-refractivity contribution in [3.05, 3.63) is 88.2 Å². The van der Waals surface area contributed by atoms with E-state index in [-0.39, 0.29) is 5.91 Å². The number of rotatable bonds is 5. The molecule has 1 amide bonds. The third-order valence-corrected chi connectivity index (χ3v) is 6.93. The number of hydrogen-bond acceptors (Lipinski definition) is 4. The number of benzene rings is 3. The fourth-order valence-electron chi connectivity index (χ4n) is 3.80. The van der Waals surface area contributed by atoms with E-state index >= 15 is 0 Å². The summed E-state index contributed by atoms with van der Waals surface area (Å²) in [7, 11) is 0. The molecule has 1 atom stereocenters. The Morgan fingerprint density at radius 3 is 2.56 bits per heavy atom. The Morgan fingerprint density at radius 1 is 1.03 bits per heavy atom. The lowest BCUT2D eigenvalue weighted by Crippen LogP contribution is -2.45. The van der Waals surface area contributed by atoms with Crippen LogP contribution in [0.15, 0.2) is 82.6 Å². The van der Waals surface area contributed by atoms with E-state index in [0.29, 0.717) is 13.0 Å². The fourth-order valence-corrected chi connectivity index (χ4v) is 4.90. The minimum absolute atomic E-state index is 0.0108. The van der Waals surface area contributed by atoms with Gasteiger partial charge in [0.15, 0.2) is 6.10 Å². The van der Waals surface area contributed by atoms with Crippen molar-refractivity contribution in [3.63, 3.8) is 0 Å². The first-order chi connectivity index (χ1) is 15.6. The van der Waals surface area contributed by atoms with E-state index in [9.17, 15) is 4.79 Å². The van der Waals surface area contributed by atoms with Gasteiger partial charge in [-0.2, -0.15) is 0 Å². The number of anilines is 1. The van der Waals surface area contributed by atoms with Gasteiger partial charge in [0.2, 0.25) is 0 Å². The Bertz CT molecular complexity index is 1250. The predicted octanol–water partition coefficient (Wildman–Crippen LogP) is 6.94. The minimum atomic E-state index is -0.465. The van der Waals surface area contributed by atoms with Crippen LogP contribution in [0.5, 0.6) is 5.75 Å². The molecule has 0 aliphatic carbocycles. The second-order valence-electron chi connectivity index (χ2n) is 7.65. The van der Waals surface area contributed by atoms with Crippen LogP contribution in [-0.2, 0) is 11.3 Å². The molecule has 32 heavy (non-hydrogen) atoms. The smallest absolute Gasteiger partial charge is 0.268 e. The molecule has 0 bridgehead atoms. The number of halogens is 1. The van der Waals surface area contributed by atoms with E-state index in [1.807, 2.05) is 72.5 Å². The first-order valence-electron chi connectivity index (χ1n) is 10.5. The van der Waals surface area contributed by atoms with E-state index in [2.05, 4.69) is 33.4 Å². The zero-order chi connectivity index (χ0) is 22.1. The summed E-state index contributed by atoms with van der Waals surface area (Å²) in [5.41, 5.74) is 4.81. The summed E-state index contributed by atoms with van der Waals surface area (Å²) in [5, 5.41) is 3.03. The van der Waals surface area contributed by atoms with Gasteiger partial charge in [-0.25, -0.2) is 4.98 Å². The van der Waals surface area contributed by atoms with Crippen molar-refractivity contribution >= 4 is 38.9 Å². The third kappa shape index (κ3) is 4.08. The molecule has 4 aromatic rings. The van der Waals surface area contributed by atoms with Crippen LogP contribution in [0.1, 0.15) is 18.9 Å². The molecule has 160 valence electrons. The van der Waals surface area contributed by atoms with Gasteiger partial charge in [-0.3, -0.25) is 4.79 Å². The highest BCUT2D eigenvalue weighted by Gasteiger charge is 2.33. The van der Waals surface area contributed by atoms with Gasteiger partial charge in [0.05, 0.1) is 17.9 Å². The molecule has 0 radical (unpaired) electrons. The maximum absolute atomic E-state index is 13.2. The normalized spacial score (nSPS) is 15.4. The van der Waals surface area contributed by atoms with Crippen LogP contribution in [0.4, 0.5) is 5.69 Å². The molecule has 4 nitrogen and oxygen atoms in total. The Labute approximate surface area is 199 Å². The van der Waals surface area contributed by atoms with Crippen LogP contribution in [0.25, 0.3) is 21.8 Å². The zero-order valence-electron chi connectivity index (χ0n) is 17.5. The van der Waals surface area contributed by atoms with Crippen LogP contribution in [0, 0.1) is 0 Å². The standard InChI is InChI=1S/C26H21BrN2O2S/c1-2-23-26(30)29(15-17-8-11-20(27)12-9-17)22-14-19(10-13-24(22)31-23)21-16-32-25(28-21)18-6-4-3-5-7-18/h3-14,16,23H,2,15H2,1H3. The van der Waals surface area contributed by atoms with Crippen molar-refractivity contribution in [3.8, 4) is 27.6 Å². The van der Waals surface area contributed by atoms with Gasteiger partial charge < -0.3 is 9.64 Å². The predicted molar refractivity (Wildman–Crippen MR) is 133 cm³/mol. The van der Waals surface area contributed by atoms with Gasteiger partial charge in [-0.05, 0) is 42.3 Å². The minimum Gasteiger partial charge on any atom is -0.478 e. The number of amides is 1. The van der Waals surface area contributed by atoms with E-state index in [1.54, 1.807) is 11.3 Å². The molecule has 0 spiro atoms.